The number of aryl methyl sites for hydroxylation is 3. The van der Waals surface area contributed by atoms with Crippen LogP contribution >= 0.6 is 0 Å². The van der Waals surface area contributed by atoms with Crippen molar-refractivity contribution in [3.63, 3.8) is 0 Å². The van der Waals surface area contributed by atoms with Gasteiger partial charge in [-0.1, -0.05) is 5.16 Å². The summed E-state index contributed by atoms with van der Waals surface area (Å²) in [7, 11) is 0. The molecule has 2 aromatic rings. The molecule has 150 valence electrons. The number of aromatic amines is 1. The molecular weight excluding hydrogens is 356 g/mol. The third-order valence-corrected chi connectivity index (χ3v) is 6.37. The number of nitrogens with one attached hydrogen (secondary N) is 1. The van der Waals surface area contributed by atoms with Crippen LogP contribution in [0.5, 0.6) is 0 Å². The highest BCUT2D eigenvalue weighted by atomic mass is 16.5. The number of fused-ring (bicyclic) bond motifs is 4. The molecule has 0 aromatic carbocycles. The largest absolute Gasteiger partial charge is 0.363 e. The van der Waals surface area contributed by atoms with Gasteiger partial charge in [-0.3, -0.25) is 14.5 Å². The number of hydrogen-bond donors (Lipinski definition) is 1. The van der Waals surface area contributed by atoms with Crippen molar-refractivity contribution in [3.8, 4) is 0 Å². The second kappa shape index (κ2) is 7.20. The average Bonchev–Trinajstić information content (AvgIpc) is 2.84. The van der Waals surface area contributed by atoms with Crippen molar-refractivity contribution in [1.82, 2.24) is 19.9 Å². The van der Waals surface area contributed by atoms with Gasteiger partial charge in [-0.05, 0) is 40.5 Å². The van der Waals surface area contributed by atoms with E-state index in [9.17, 15) is 9.59 Å². The number of piperidine rings is 1. The van der Waals surface area contributed by atoms with Crippen molar-refractivity contribution < 1.29 is 9.32 Å². The molecule has 2 aromatic heterocycles. The first-order valence-corrected chi connectivity index (χ1v) is 9.97. The van der Waals surface area contributed by atoms with Gasteiger partial charge in [0.15, 0.2) is 5.43 Å². The van der Waals surface area contributed by atoms with Crippen LogP contribution in [-0.2, 0) is 17.9 Å². The lowest BCUT2D eigenvalue weighted by molar-refractivity contribution is -0.140. The number of hydrogen-bond acceptors (Lipinski definition) is 5. The van der Waals surface area contributed by atoms with Gasteiger partial charge in [0.25, 0.3) is 0 Å². The van der Waals surface area contributed by atoms with Gasteiger partial charge < -0.3 is 14.4 Å². The van der Waals surface area contributed by atoms with Crippen LogP contribution in [-0.4, -0.2) is 45.0 Å². The summed E-state index contributed by atoms with van der Waals surface area (Å²) in [6.45, 7) is 10.3. The number of pyridine rings is 1. The van der Waals surface area contributed by atoms with Crippen LogP contribution in [0.15, 0.2) is 15.5 Å². The molecule has 0 unspecified atom stereocenters. The molecule has 5 rings (SSSR count). The van der Waals surface area contributed by atoms with E-state index in [1.807, 2.05) is 32.6 Å². The molecule has 3 saturated heterocycles. The van der Waals surface area contributed by atoms with E-state index in [0.717, 1.165) is 59.8 Å². The normalized spacial score (nSPS) is 22.7. The zero-order valence-corrected chi connectivity index (χ0v) is 17.0. The molecule has 1 amide bonds. The van der Waals surface area contributed by atoms with E-state index in [1.54, 1.807) is 6.20 Å². The van der Waals surface area contributed by atoms with E-state index in [1.165, 1.54) is 0 Å². The molecule has 0 spiro atoms. The molecule has 2 bridgehead atoms. The maximum atomic E-state index is 13.1. The Morgan fingerprint density at radius 3 is 2.64 bits per heavy atom. The molecule has 1 N–H and O–H groups in total. The molecular formula is C21H28N4O3. The highest BCUT2D eigenvalue weighted by molar-refractivity contribution is 5.80. The lowest BCUT2D eigenvalue weighted by Gasteiger charge is -2.36. The van der Waals surface area contributed by atoms with Crippen LogP contribution in [0.25, 0.3) is 0 Å². The van der Waals surface area contributed by atoms with Crippen molar-refractivity contribution in [2.24, 2.45) is 5.92 Å². The average molecular weight is 384 g/mol. The number of amides is 1. The van der Waals surface area contributed by atoms with Crippen LogP contribution in [0.4, 0.5) is 0 Å². The highest BCUT2D eigenvalue weighted by Crippen LogP contribution is 2.32. The lowest BCUT2D eigenvalue weighted by Crippen LogP contribution is -2.47. The highest BCUT2D eigenvalue weighted by Gasteiger charge is 2.41. The molecule has 7 nitrogen and oxygen atoms in total. The number of carbonyl (C=O) groups is 1. The van der Waals surface area contributed by atoms with Crippen LogP contribution in [0.2, 0.25) is 0 Å². The summed E-state index contributed by atoms with van der Waals surface area (Å²) >= 11 is 0. The van der Waals surface area contributed by atoms with Gasteiger partial charge >= 0.3 is 0 Å². The second-order valence-corrected chi connectivity index (χ2v) is 8.30. The Balaban J connectivity index is 1.55. The van der Waals surface area contributed by atoms with E-state index < -0.39 is 0 Å². The minimum atomic E-state index is 0.0108. The lowest BCUT2D eigenvalue weighted by atomic mass is 9.93. The Labute approximate surface area is 164 Å². The van der Waals surface area contributed by atoms with Crippen LogP contribution in [0, 0.1) is 33.6 Å². The molecule has 0 aliphatic carbocycles. The Bertz CT molecular complexity index is 942. The predicted molar refractivity (Wildman–Crippen MR) is 105 cm³/mol. The van der Waals surface area contributed by atoms with Crippen LogP contribution in [0.3, 0.4) is 0 Å². The molecule has 5 heterocycles. The fraction of sp³-hybridized carbons (Fsp3) is 0.571. The Morgan fingerprint density at radius 2 is 1.93 bits per heavy atom. The summed E-state index contributed by atoms with van der Waals surface area (Å²) in [5, 5.41) is 4.03. The van der Waals surface area contributed by atoms with Gasteiger partial charge in [-0.2, -0.15) is 0 Å². The van der Waals surface area contributed by atoms with Gasteiger partial charge in [-0.25, -0.2) is 0 Å². The van der Waals surface area contributed by atoms with Crippen molar-refractivity contribution in [2.45, 2.75) is 59.7 Å². The number of carbonyl (C=O) groups excluding carboxylic acids is 1. The van der Waals surface area contributed by atoms with E-state index in [-0.39, 0.29) is 23.3 Å². The number of rotatable bonds is 4. The molecule has 0 radical (unpaired) electrons. The fourth-order valence-corrected chi connectivity index (χ4v) is 4.55. The molecule has 7 heteroatoms. The summed E-state index contributed by atoms with van der Waals surface area (Å²) in [5.41, 5.74) is 4.43. The Morgan fingerprint density at radius 1 is 1.14 bits per heavy atom. The number of aromatic nitrogens is 2. The zero-order valence-electron chi connectivity index (χ0n) is 17.0. The number of nitrogens with zero attached hydrogens (tertiary/aromatic N) is 3. The van der Waals surface area contributed by atoms with Crippen LogP contribution < -0.4 is 5.43 Å². The predicted octanol–water partition coefficient (Wildman–Crippen LogP) is 2.22. The minimum Gasteiger partial charge on any atom is -0.363 e. The summed E-state index contributed by atoms with van der Waals surface area (Å²) in [4.78, 5) is 33.0. The zero-order chi connectivity index (χ0) is 20.0. The standard InChI is InChI=1S/C21H28N4O3/c1-12-7-22-19(13(2)20(12)26)11-24-8-16-5-6-17(9-24)25(21(16)27)10-18-14(3)23-28-15(18)4/h7,16-17H,5-6,8-11H2,1-4H3,(H,22,26)/t16-,17+/m0/s1. The third kappa shape index (κ3) is 3.28. The van der Waals surface area contributed by atoms with Gasteiger partial charge in [0.2, 0.25) is 5.91 Å². The van der Waals surface area contributed by atoms with Gasteiger partial charge in [0, 0.05) is 54.3 Å². The first-order valence-electron chi connectivity index (χ1n) is 9.97. The van der Waals surface area contributed by atoms with Crippen molar-refractivity contribution in [1.29, 1.82) is 0 Å². The van der Waals surface area contributed by atoms with E-state index in [0.29, 0.717) is 13.1 Å². The Hall–Kier alpha value is -2.41. The quantitative estimate of drug-likeness (QED) is 0.874. The minimum absolute atomic E-state index is 0.0108. The van der Waals surface area contributed by atoms with Crippen molar-refractivity contribution in [3.05, 3.63) is 50.3 Å². The van der Waals surface area contributed by atoms with Crippen molar-refractivity contribution >= 4 is 5.91 Å². The molecule has 3 aliphatic rings. The SMILES string of the molecule is Cc1noc(C)c1CN1C(=O)[C@H]2CC[C@@H]1CN(Cc1[nH]cc(C)c(=O)c1C)C2. The first kappa shape index (κ1) is 18.9. The molecule has 0 saturated carbocycles. The molecule has 2 atom stereocenters. The monoisotopic (exact) mass is 384 g/mol. The fourth-order valence-electron chi connectivity index (χ4n) is 4.55. The van der Waals surface area contributed by atoms with Crippen LogP contribution in [0.1, 0.15) is 46.7 Å². The summed E-state index contributed by atoms with van der Waals surface area (Å²) in [5.74, 6) is 1.03. The maximum absolute atomic E-state index is 13.1. The number of H-pyrrole nitrogens is 1. The third-order valence-electron chi connectivity index (χ3n) is 6.37. The maximum Gasteiger partial charge on any atom is 0.227 e. The second-order valence-electron chi connectivity index (χ2n) is 8.30. The first-order chi connectivity index (χ1) is 13.3. The van der Waals surface area contributed by atoms with Gasteiger partial charge in [-0.15, -0.1) is 0 Å². The van der Waals surface area contributed by atoms with Gasteiger partial charge in [0.05, 0.1) is 18.2 Å². The summed E-state index contributed by atoms with van der Waals surface area (Å²) in [6.07, 6.45) is 3.73. The van der Waals surface area contributed by atoms with Crippen molar-refractivity contribution in [2.75, 3.05) is 13.1 Å². The Kier molecular flexibility index (Phi) is 4.87. The smallest absolute Gasteiger partial charge is 0.227 e. The molecule has 28 heavy (non-hydrogen) atoms. The van der Waals surface area contributed by atoms with E-state index >= 15 is 0 Å². The van der Waals surface area contributed by atoms with E-state index in [2.05, 4.69) is 15.0 Å². The summed E-state index contributed by atoms with van der Waals surface area (Å²) < 4.78 is 5.29. The van der Waals surface area contributed by atoms with Gasteiger partial charge in [0.1, 0.15) is 5.76 Å². The topological polar surface area (TPSA) is 82.4 Å². The molecule has 3 aliphatic heterocycles. The molecule has 3 fully saturated rings. The summed E-state index contributed by atoms with van der Waals surface area (Å²) in [6, 6.07) is 0.178. The van der Waals surface area contributed by atoms with E-state index in [4.69, 9.17) is 4.52 Å².